The maximum atomic E-state index is 6.54. The van der Waals surface area contributed by atoms with Gasteiger partial charge in [-0.2, -0.15) is 0 Å². The van der Waals surface area contributed by atoms with E-state index in [0.717, 1.165) is 66.1 Å². The van der Waals surface area contributed by atoms with E-state index in [1.165, 1.54) is 16.7 Å². The zero-order chi connectivity index (χ0) is 35.1. The molecule has 4 nitrogen and oxygen atoms in total. The molecule has 0 fully saturated rings. The molecule has 53 heavy (non-hydrogen) atoms. The summed E-state index contributed by atoms with van der Waals surface area (Å²) in [5.74, 6) is 1.83. The van der Waals surface area contributed by atoms with E-state index in [0.29, 0.717) is 17.5 Å². The number of hydrogen-bond acceptors (Lipinski definition) is 4. The standard InChI is InChI=1S/C49H31N3O/c1-3-11-32(12-4-1)34-21-25-37(26-22-34)41-18-10-20-44-46(41)43-30-29-39(31-45(43)53-44)48-50-47(38-27-23-35(24-28-38)33-13-5-2-6-14-33)51-49(52-48)42-19-9-16-36-15-7-8-17-40(36)42/h1-31H. The molecule has 10 rings (SSSR count). The van der Waals surface area contributed by atoms with Gasteiger partial charge >= 0.3 is 0 Å². The number of hydrogen-bond donors (Lipinski definition) is 0. The number of aromatic nitrogens is 3. The average molecular weight is 678 g/mol. The normalized spacial score (nSPS) is 11.4. The number of furan rings is 1. The van der Waals surface area contributed by atoms with Gasteiger partial charge in [-0.3, -0.25) is 0 Å². The summed E-state index contributed by atoms with van der Waals surface area (Å²) in [5, 5.41) is 4.36. The molecular formula is C49H31N3O. The third-order valence-corrected chi connectivity index (χ3v) is 9.97. The van der Waals surface area contributed by atoms with Crippen LogP contribution in [0, 0.1) is 0 Å². The van der Waals surface area contributed by atoms with Crippen molar-refractivity contribution in [2.24, 2.45) is 0 Å². The first-order valence-electron chi connectivity index (χ1n) is 17.8. The largest absolute Gasteiger partial charge is 0.456 e. The summed E-state index contributed by atoms with van der Waals surface area (Å²) < 4.78 is 6.54. The molecule has 0 unspecified atom stereocenters. The minimum atomic E-state index is 0.587. The molecule has 0 saturated carbocycles. The molecule has 0 N–H and O–H groups in total. The smallest absolute Gasteiger partial charge is 0.164 e. The quantitative estimate of drug-likeness (QED) is 0.176. The lowest BCUT2D eigenvalue weighted by Crippen LogP contribution is -2.00. The van der Waals surface area contributed by atoms with Crippen molar-refractivity contribution >= 4 is 32.7 Å². The van der Waals surface area contributed by atoms with E-state index in [2.05, 4.69) is 170 Å². The van der Waals surface area contributed by atoms with Gasteiger partial charge in [-0.15, -0.1) is 0 Å². The van der Waals surface area contributed by atoms with Gasteiger partial charge in [0.05, 0.1) is 0 Å². The molecule has 0 aliphatic carbocycles. The van der Waals surface area contributed by atoms with Crippen molar-refractivity contribution in [1.82, 2.24) is 15.0 Å². The van der Waals surface area contributed by atoms with Gasteiger partial charge in [0, 0.05) is 27.5 Å². The maximum absolute atomic E-state index is 6.54. The van der Waals surface area contributed by atoms with Gasteiger partial charge in [0.15, 0.2) is 17.5 Å². The van der Waals surface area contributed by atoms with Crippen molar-refractivity contribution < 1.29 is 4.42 Å². The summed E-state index contributed by atoms with van der Waals surface area (Å²) in [5.41, 5.74) is 11.3. The Morgan fingerprint density at radius 3 is 1.53 bits per heavy atom. The van der Waals surface area contributed by atoms with E-state index >= 15 is 0 Å². The molecule has 10 aromatic rings. The molecule has 0 atom stereocenters. The van der Waals surface area contributed by atoms with Crippen LogP contribution >= 0.6 is 0 Å². The van der Waals surface area contributed by atoms with Gasteiger partial charge in [0.2, 0.25) is 0 Å². The Hall–Kier alpha value is -7.17. The van der Waals surface area contributed by atoms with Gasteiger partial charge in [-0.1, -0.05) is 170 Å². The summed E-state index contributed by atoms with van der Waals surface area (Å²) in [6.07, 6.45) is 0. The third-order valence-electron chi connectivity index (χ3n) is 9.97. The van der Waals surface area contributed by atoms with Crippen LogP contribution in [0.4, 0.5) is 0 Å². The van der Waals surface area contributed by atoms with Gasteiger partial charge in [-0.05, 0) is 62.4 Å². The molecule has 0 radical (unpaired) electrons. The molecule has 248 valence electrons. The zero-order valence-corrected chi connectivity index (χ0v) is 28.6. The van der Waals surface area contributed by atoms with Crippen molar-refractivity contribution in [2.75, 3.05) is 0 Å². The van der Waals surface area contributed by atoms with Gasteiger partial charge in [0.1, 0.15) is 11.2 Å². The summed E-state index contributed by atoms with van der Waals surface area (Å²) in [6, 6.07) is 65.2. The molecule has 2 heterocycles. The summed E-state index contributed by atoms with van der Waals surface area (Å²) in [4.78, 5) is 15.3. The van der Waals surface area contributed by atoms with Crippen LogP contribution in [0.1, 0.15) is 0 Å². The van der Waals surface area contributed by atoms with Crippen LogP contribution in [0.5, 0.6) is 0 Å². The van der Waals surface area contributed by atoms with Crippen molar-refractivity contribution in [3.63, 3.8) is 0 Å². The fourth-order valence-electron chi connectivity index (χ4n) is 7.30. The lowest BCUT2D eigenvalue weighted by Gasteiger charge is -2.11. The molecule has 0 bridgehead atoms. The number of nitrogens with zero attached hydrogens (tertiary/aromatic N) is 3. The second kappa shape index (κ2) is 12.9. The Morgan fingerprint density at radius 1 is 0.302 bits per heavy atom. The van der Waals surface area contributed by atoms with E-state index in [1.807, 2.05) is 18.2 Å². The monoisotopic (exact) mass is 677 g/mol. The second-order valence-corrected chi connectivity index (χ2v) is 13.2. The first-order chi connectivity index (χ1) is 26.2. The zero-order valence-electron chi connectivity index (χ0n) is 28.6. The number of benzene rings is 8. The van der Waals surface area contributed by atoms with E-state index in [4.69, 9.17) is 19.4 Å². The number of rotatable bonds is 6. The molecular weight excluding hydrogens is 647 g/mol. The Bertz CT molecular complexity index is 2910. The first kappa shape index (κ1) is 30.6. The molecule has 2 aromatic heterocycles. The van der Waals surface area contributed by atoms with Gasteiger partial charge in [-0.25, -0.2) is 15.0 Å². The first-order valence-corrected chi connectivity index (χ1v) is 17.8. The molecule has 0 aliphatic rings. The minimum absolute atomic E-state index is 0.587. The molecule has 0 aliphatic heterocycles. The van der Waals surface area contributed by atoms with Crippen molar-refractivity contribution in [3.8, 4) is 67.5 Å². The maximum Gasteiger partial charge on any atom is 0.164 e. The molecule has 4 heteroatoms. The van der Waals surface area contributed by atoms with E-state index in [9.17, 15) is 0 Å². The Labute approximate surface area is 306 Å². The van der Waals surface area contributed by atoms with E-state index < -0.39 is 0 Å². The highest BCUT2D eigenvalue weighted by Crippen LogP contribution is 2.39. The fourth-order valence-corrected chi connectivity index (χ4v) is 7.30. The van der Waals surface area contributed by atoms with Crippen LogP contribution < -0.4 is 0 Å². The topological polar surface area (TPSA) is 51.8 Å². The Kier molecular flexibility index (Phi) is 7.43. The van der Waals surface area contributed by atoms with Crippen molar-refractivity contribution in [1.29, 1.82) is 0 Å². The average Bonchev–Trinajstić information content (AvgIpc) is 3.62. The Morgan fingerprint density at radius 2 is 0.811 bits per heavy atom. The van der Waals surface area contributed by atoms with E-state index in [1.54, 1.807) is 0 Å². The molecule has 8 aromatic carbocycles. The third kappa shape index (κ3) is 5.63. The Balaban J connectivity index is 1.09. The molecule has 0 spiro atoms. The highest BCUT2D eigenvalue weighted by Gasteiger charge is 2.18. The SMILES string of the molecule is c1ccc(-c2ccc(-c3nc(-c4ccc5c(c4)oc4cccc(-c6ccc(-c7ccccc7)cc6)c45)nc(-c4cccc5ccccc45)n3)cc2)cc1. The lowest BCUT2D eigenvalue weighted by molar-refractivity contribution is 0.669. The van der Waals surface area contributed by atoms with Crippen LogP contribution in [0.25, 0.3) is 100 Å². The highest BCUT2D eigenvalue weighted by molar-refractivity contribution is 6.13. The van der Waals surface area contributed by atoms with Crippen LogP contribution in [0.15, 0.2) is 192 Å². The summed E-state index contributed by atoms with van der Waals surface area (Å²) in [6.45, 7) is 0. The highest BCUT2D eigenvalue weighted by atomic mass is 16.3. The molecule has 0 saturated heterocycles. The minimum Gasteiger partial charge on any atom is -0.456 e. The summed E-state index contributed by atoms with van der Waals surface area (Å²) >= 11 is 0. The molecule has 0 amide bonds. The van der Waals surface area contributed by atoms with Crippen LogP contribution in [0.2, 0.25) is 0 Å². The fraction of sp³-hybridized carbons (Fsp3) is 0. The van der Waals surface area contributed by atoms with Crippen molar-refractivity contribution in [3.05, 3.63) is 188 Å². The predicted molar refractivity (Wildman–Crippen MR) is 217 cm³/mol. The van der Waals surface area contributed by atoms with Crippen LogP contribution in [0.3, 0.4) is 0 Å². The van der Waals surface area contributed by atoms with Crippen LogP contribution in [-0.4, -0.2) is 15.0 Å². The van der Waals surface area contributed by atoms with Crippen molar-refractivity contribution in [2.45, 2.75) is 0 Å². The van der Waals surface area contributed by atoms with Crippen LogP contribution in [-0.2, 0) is 0 Å². The van der Waals surface area contributed by atoms with E-state index in [-0.39, 0.29) is 0 Å². The lowest BCUT2D eigenvalue weighted by atomic mass is 9.96. The predicted octanol–water partition coefficient (Wildman–Crippen LogP) is 12.9. The summed E-state index contributed by atoms with van der Waals surface area (Å²) in [7, 11) is 0. The van der Waals surface area contributed by atoms with Gasteiger partial charge in [0.25, 0.3) is 0 Å². The van der Waals surface area contributed by atoms with Gasteiger partial charge < -0.3 is 4.42 Å². The second-order valence-electron chi connectivity index (χ2n) is 13.2. The number of fused-ring (bicyclic) bond motifs is 4.